The van der Waals surface area contributed by atoms with E-state index < -0.39 is 20.8 Å². The number of hydrogen-bond acceptors (Lipinski definition) is 4. The molecule has 6 heteroatoms. The fourth-order valence-corrected chi connectivity index (χ4v) is 2.30. The van der Waals surface area contributed by atoms with Crippen LogP contribution in [0.3, 0.4) is 0 Å². The Hall–Kier alpha value is -0.640. The van der Waals surface area contributed by atoms with Gasteiger partial charge in [0.2, 0.25) is 10.0 Å². The fraction of sp³-hybridized carbons (Fsp3) is 0.889. The molecule has 88 valence electrons. The van der Waals surface area contributed by atoms with Gasteiger partial charge in [0, 0.05) is 12.1 Å². The van der Waals surface area contributed by atoms with Crippen molar-refractivity contribution < 1.29 is 13.5 Å². The summed E-state index contributed by atoms with van der Waals surface area (Å²) < 4.78 is 25.7. The van der Waals surface area contributed by atoms with Crippen LogP contribution in [0.4, 0.5) is 0 Å². The van der Waals surface area contributed by atoms with Crippen LogP contribution in [-0.4, -0.2) is 30.9 Å². The lowest BCUT2D eigenvalue weighted by molar-refractivity contribution is 0.233. The molecule has 0 aliphatic heterocycles. The summed E-state index contributed by atoms with van der Waals surface area (Å²) in [5, 5.41) is 16.3. The molecule has 0 aromatic carbocycles. The van der Waals surface area contributed by atoms with Crippen LogP contribution in [0.2, 0.25) is 0 Å². The van der Waals surface area contributed by atoms with Gasteiger partial charge in [-0.3, -0.25) is 0 Å². The van der Waals surface area contributed by atoms with E-state index in [1.165, 1.54) is 6.92 Å². The lowest BCUT2D eigenvalue weighted by Crippen LogP contribution is -2.48. The third kappa shape index (κ3) is 4.16. The number of nitriles is 1. The number of hydrogen-bond donors (Lipinski definition) is 2. The molecule has 2 unspecified atom stereocenters. The molecule has 0 saturated heterocycles. The Balaban J connectivity index is 4.78. The first-order valence-electron chi connectivity index (χ1n) is 4.84. The number of nitrogens with one attached hydrogen (secondary N) is 1. The summed E-state index contributed by atoms with van der Waals surface area (Å²) in [4.78, 5) is 0. The van der Waals surface area contributed by atoms with E-state index in [9.17, 15) is 8.42 Å². The van der Waals surface area contributed by atoms with Crippen molar-refractivity contribution in [1.29, 1.82) is 5.26 Å². The maximum absolute atomic E-state index is 11.6. The van der Waals surface area contributed by atoms with Gasteiger partial charge in [0.1, 0.15) is 0 Å². The van der Waals surface area contributed by atoms with Crippen LogP contribution >= 0.6 is 0 Å². The largest absolute Gasteiger partial charge is 0.396 e. The van der Waals surface area contributed by atoms with Crippen LogP contribution in [0.1, 0.15) is 33.6 Å². The van der Waals surface area contributed by atoms with Crippen LogP contribution in [0.25, 0.3) is 0 Å². The topological polar surface area (TPSA) is 90.2 Å². The molecule has 0 saturated carbocycles. The standard InChI is InChI=1S/C9H18N2O3S/c1-4-9(3,5-6-12)11-15(13,14)8(2)7-10/h8,11-12H,4-6H2,1-3H3. The van der Waals surface area contributed by atoms with E-state index in [1.54, 1.807) is 13.0 Å². The summed E-state index contributed by atoms with van der Waals surface area (Å²) in [6.45, 7) is 4.78. The van der Waals surface area contributed by atoms with Crippen molar-refractivity contribution in [2.24, 2.45) is 0 Å². The minimum atomic E-state index is -3.62. The van der Waals surface area contributed by atoms with Crippen molar-refractivity contribution in [3.63, 3.8) is 0 Å². The van der Waals surface area contributed by atoms with E-state index >= 15 is 0 Å². The van der Waals surface area contributed by atoms with Gasteiger partial charge < -0.3 is 5.11 Å². The molecular weight excluding hydrogens is 216 g/mol. The monoisotopic (exact) mass is 234 g/mol. The van der Waals surface area contributed by atoms with Crippen LogP contribution in [-0.2, 0) is 10.0 Å². The molecule has 15 heavy (non-hydrogen) atoms. The highest BCUT2D eigenvalue weighted by atomic mass is 32.2. The van der Waals surface area contributed by atoms with E-state index in [-0.39, 0.29) is 6.61 Å². The molecule has 0 heterocycles. The molecule has 0 bridgehead atoms. The van der Waals surface area contributed by atoms with Gasteiger partial charge in [0.05, 0.1) is 6.07 Å². The van der Waals surface area contributed by atoms with Crippen molar-refractivity contribution in [3.05, 3.63) is 0 Å². The van der Waals surface area contributed by atoms with Gasteiger partial charge in [-0.25, -0.2) is 13.1 Å². The van der Waals surface area contributed by atoms with Crippen molar-refractivity contribution in [1.82, 2.24) is 4.72 Å². The predicted molar refractivity (Wildman–Crippen MR) is 57.5 cm³/mol. The van der Waals surface area contributed by atoms with Gasteiger partial charge in [0.15, 0.2) is 5.25 Å². The third-order valence-electron chi connectivity index (χ3n) is 2.48. The maximum atomic E-state index is 11.6. The zero-order valence-electron chi connectivity index (χ0n) is 9.32. The molecule has 0 spiro atoms. The van der Waals surface area contributed by atoms with Crippen LogP contribution in [0, 0.1) is 11.3 Å². The van der Waals surface area contributed by atoms with Crippen molar-refractivity contribution >= 4 is 10.0 Å². The van der Waals surface area contributed by atoms with Crippen molar-refractivity contribution in [3.8, 4) is 6.07 Å². The maximum Gasteiger partial charge on any atom is 0.228 e. The first kappa shape index (κ1) is 14.4. The van der Waals surface area contributed by atoms with Crippen LogP contribution in [0.15, 0.2) is 0 Å². The lowest BCUT2D eigenvalue weighted by Gasteiger charge is -2.29. The van der Waals surface area contributed by atoms with Gasteiger partial charge in [-0.15, -0.1) is 0 Å². The molecule has 0 aromatic rings. The molecule has 0 aliphatic rings. The van der Waals surface area contributed by atoms with E-state index in [4.69, 9.17) is 10.4 Å². The first-order chi connectivity index (χ1) is 6.81. The Labute approximate surface area is 91.2 Å². The second kappa shape index (κ2) is 5.45. The van der Waals surface area contributed by atoms with Gasteiger partial charge in [-0.2, -0.15) is 5.26 Å². The number of nitrogens with zero attached hydrogens (tertiary/aromatic N) is 1. The van der Waals surface area contributed by atoms with Crippen molar-refractivity contribution in [2.45, 2.75) is 44.4 Å². The highest BCUT2D eigenvalue weighted by Crippen LogP contribution is 2.16. The summed E-state index contributed by atoms with van der Waals surface area (Å²) in [6.07, 6.45) is 0.895. The molecule has 0 rings (SSSR count). The molecule has 0 amide bonds. The highest BCUT2D eigenvalue weighted by Gasteiger charge is 2.30. The molecular formula is C9H18N2O3S. The number of rotatable bonds is 6. The molecule has 0 aliphatic carbocycles. The molecule has 0 aromatic heterocycles. The Morgan fingerprint density at radius 2 is 2.13 bits per heavy atom. The van der Waals surface area contributed by atoms with Crippen molar-refractivity contribution in [2.75, 3.05) is 6.61 Å². The summed E-state index contributed by atoms with van der Waals surface area (Å²) in [7, 11) is -3.62. The molecule has 0 fully saturated rings. The summed E-state index contributed by atoms with van der Waals surface area (Å²) in [5.74, 6) is 0. The second-order valence-corrected chi connectivity index (χ2v) is 5.81. The Kier molecular flexibility index (Phi) is 5.21. The Bertz CT molecular complexity index is 334. The Morgan fingerprint density at radius 3 is 2.47 bits per heavy atom. The van der Waals surface area contributed by atoms with E-state index in [2.05, 4.69) is 4.72 Å². The zero-order chi connectivity index (χ0) is 12.1. The fourth-order valence-electron chi connectivity index (χ4n) is 1.05. The van der Waals surface area contributed by atoms with Gasteiger partial charge in [-0.1, -0.05) is 6.92 Å². The van der Waals surface area contributed by atoms with E-state index in [0.29, 0.717) is 12.8 Å². The van der Waals surface area contributed by atoms with Gasteiger partial charge in [-0.05, 0) is 26.7 Å². The Morgan fingerprint density at radius 1 is 1.60 bits per heavy atom. The first-order valence-corrected chi connectivity index (χ1v) is 6.39. The van der Waals surface area contributed by atoms with E-state index in [0.717, 1.165) is 0 Å². The zero-order valence-corrected chi connectivity index (χ0v) is 10.1. The lowest BCUT2D eigenvalue weighted by atomic mass is 9.97. The smallest absolute Gasteiger partial charge is 0.228 e. The van der Waals surface area contributed by atoms with Crippen LogP contribution in [0.5, 0.6) is 0 Å². The summed E-state index contributed by atoms with van der Waals surface area (Å²) in [5.41, 5.74) is -0.682. The number of aliphatic hydroxyl groups is 1. The minimum absolute atomic E-state index is 0.0895. The quantitative estimate of drug-likeness (QED) is 0.694. The summed E-state index contributed by atoms with van der Waals surface area (Å²) in [6, 6.07) is 1.68. The minimum Gasteiger partial charge on any atom is -0.396 e. The molecule has 2 N–H and O–H groups in total. The number of sulfonamides is 1. The third-order valence-corrected chi connectivity index (χ3v) is 4.29. The SMILES string of the molecule is CCC(C)(CCO)NS(=O)(=O)C(C)C#N. The molecule has 0 radical (unpaired) electrons. The van der Waals surface area contributed by atoms with Crippen LogP contribution < -0.4 is 4.72 Å². The average Bonchev–Trinajstić information content (AvgIpc) is 2.16. The number of aliphatic hydroxyl groups excluding tert-OH is 1. The van der Waals surface area contributed by atoms with Gasteiger partial charge in [0.25, 0.3) is 0 Å². The molecule has 2 atom stereocenters. The average molecular weight is 234 g/mol. The van der Waals surface area contributed by atoms with Gasteiger partial charge >= 0.3 is 0 Å². The van der Waals surface area contributed by atoms with E-state index in [1.807, 2.05) is 6.92 Å². The summed E-state index contributed by atoms with van der Waals surface area (Å²) >= 11 is 0. The highest BCUT2D eigenvalue weighted by molar-refractivity contribution is 7.90. The predicted octanol–water partition coefficient (Wildman–Crippen LogP) is 0.369. The second-order valence-electron chi connectivity index (χ2n) is 3.81. The normalized spacial score (nSPS) is 17.8. The molecule has 5 nitrogen and oxygen atoms in total.